The Morgan fingerprint density at radius 2 is 1.56 bits per heavy atom. The van der Waals surface area contributed by atoms with Crippen LogP contribution in [0.25, 0.3) is 0 Å². The summed E-state index contributed by atoms with van der Waals surface area (Å²) in [4.78, 5) is 0. The van der Waals surface area contributed by atoms with E-state index in [1.165, 1.54) is 12.8 Å². The van der Waals surface area contributed by atoms with E-state index in [2.05, 4.69) is 41.2 Å². The van der Waals surface area contributed by atoms with Crippen LogP contribution in [0.15, 0.2) is 12.7 Å². The molecule has 0 aliphatic rings. The van der Waals surface area contributed by atoms with E-state index >= 15 is 0 Å². The van der Waals surface area contributed by atoms with Crippen LogP contribution in [0.1, 0.15) is 53.9 Å². The van der Waals surface area contributed by atoms with Gasteiger partial charge in [-0.2, -0.15) is 0 Å². The molecule has 0 heterocycles. The fraction of sp³-hybridized carbons (Fsp3) is 0.846. The molecule has 0 aromatic rings. The topological polar surface area (TPSA) is 18.5 Å². The molecule has 0 aliphatic carbocycles. The van der Waals surface area contributed by atoms with Crippen molar-refractivity contribution in [2.75, 3.05) is 0 Å². The van der Waals surface area contributed by atoms with Crippen molar-refractivity contribution in [3.05, 3.63) is 12.7 Å². The maximum atomic E-state index is 5.94. The van der Waals surface area contributed by atoms with Crippen LogP contribution in [0.2, 0.25) is 5.54 Å². The second-order valence-corrected chi connectivity index (χ2v) is 7.35. The van der Waals surface area contributed by atoms with Gasteiger partial charge in [-0.15, -0.1) is 6.58 Å². The van der Waals surface area contributed by atoms with Gasteiger partial charge in [0.2, 0.25) is 0 Å². The lowest BCUT2D eigenvalue weighted by Crippen LogP contribution is -2.33. The van der Waals surface area contributed by atoms with Crippen molar-refractivity contribution >= 4 is 9.28 Å². The summed E-state index contributed by atoms with van der Waals surface area (Å²) in [5.74, 6) is 0. The molecule has 0 bridgehead atoms. The Kier molecular flexibility index (Phi) is 8.90. The molecule has 0 radical (unpaired) electrons. The van der Waals surface area contributed by atoms with E-state index in [1.807, 2.05) is 6.08 Å². The summed E-state index contributed by atoms with van der Waals surface area (Å²) in [5, 5.41) is 0. The lowest BCUT2D eigenvalue weighted by molar-refractivity contribution is 0.123. The zero-order valence-corrected chi connectivity index (χ0v) is 12.7. The average molecular weight is 244 g/mol. The van der Waals surface area contributed by atoms with E-state index in [1.54, 1.807) is 0 Å². The second-order valence-electron chi connectivity index (χ2n) is 4.93. The first-order valence-corrected chi connectivity index (χ1v) is 8.00. The third-order valence-electron chi connectivity index (χ3n) is 2.34. The first-order valence-electron chi connectivity index (χ1n) is 6.39. The standard InChI is InChI=1S/C13H28O2Si/c1-7-8-9-10-13(6)16(14-11(2)3)15-12(4)5/h7,11-13,16H,1,8-10H2,2-6H3. The average Bonchev–Trinajstić information content (AvgIpc) is 2.15. The number of allylic oxidation sites excluding steroid dienone is 1. The van der Waals surface area contributed by atoms with E-state index < -0.39 is 9.28 Å². The van der Waals surface area contributed by atoms with Gasteiger partial charge in [-0.1, -0.05) is 13.0 Å². The van der Waals surface area contributed by atoms with Crippen molar-refractivity contribution in [1.82, 2.24) is 0 Å². The van der Waals surface area contributed by atoms with Crippen molar-refractivity contribution < 1.29 is 8.85 Å². The molecule has 0 aromatic heterocycles. The third-order valence-corrected chi connectivity index (χ3v) is 5.23. The van der Waals surface area contributed by atoms with Crippen LogP contribution in [0.5, 0.6) is 0 Å². The predicted molar refractivity (Wildman–Crippen MR) is 73.1 cm³/mol. The molecule has 0 fully saturated rings. The van der Waals surface area contributed by atoms with Gasteiger partial charge in [0, 0.05) is 12.2 Å². The molecule has 0 aromatic carbocycles. The highest BCUT2D eigenvalue weighted by Crippen LogP contribution is 2.21. The molecule has 0 amide bonds. The maximum Gasteiger partial charge on any atom is 0.324 e. The minimum atomic E-state index is -1.52. The normalized spacial score (nSPS) is 13.8. The fourth-order valence-corrected chi connectivity index (χ4v) is 3.74. The predicted octanol–water partition coefficient (Wildman–Crippen LogP) is 3.80. The van der Waals surface area contributed by atoms with E-state index in [0.717, 1.165) is 6.42 Å². The first kappa shape index (κ1) is 15.9. The highest BCUT2D eigenvalue weighted by Gasteiger charge is 2.24. The lowest BCUT2D eigenvalue weighted by atomic mass is 10.2. The second kappa shape index (κ2) is 8.96. The summed E-state index contributed by atoms with van der Waals surface area (Å²) in [6.45, 7) is 14.3. The molecule has 96 valence electrons. The molecule has 2 nitrogen and oxygen atoms in total. The largest absolute Gasteiger partial charge is 0.394 e. The summed E-state index contributed by atoms with van der Waals surface area (Å²) in [6, 6.07) is 0. The van der Waals surface area contributed by atoms with Crippen LogP contribution in [-0.4, -0.2) is 21.5 Å². The van der Waals surface area contributed by atoms with Gasteiger partial charge < -0.3 is 8.85 Å². The fourth-order valence-electron chi connectivity index (χ4n) is 1.56. The lowest BCUT2D eigenvalue weighted by Gasteiger charge is -2.26. The van der Waals surface area contributed by atoms with Crippen LogP contribution in [0.3, 0.4) is 0 Å². The van der Waals surface area contributed by atoms with Gasteiger partial charge in [-0.3, -0.25) is 0 Å². The van der Waals surface area contributed by atoms with Gasteiger partial charge >= 0.3 is 9.28 Å². The number of rotatable bonds is 9. The highest BCUT2D eigenvalue weighted by atomic mass is 28.3. The van der Waals surface area contributed by atoms with Crippen molar-refractivity contribution in [2.24, 2.45) is 0 Å². The summed E-state index contributed by atoms with van der Waals surface area (Å²) in [6.07, 6.45) is 6.00. The molecule has 0 aliphatic heterocycles. The summed E-state index contributed by atoms with van der Waals surface area (Å²) < 4.78 is 11.9. The van der Waals surface area contributed by atoms with Crippen molar-refractivity contribution in [2.45, 2.75) is 71.6 Å². The molecule has 3 heteroatoms. The Balaban J connectivity index is 4.08. The van der Waals surface area contributed by atoms with Crippen LogP contribution in [0, 0.1) is 0 Å². The molecule has 1 unspecified atom stereocenters. The SMILES string of the molecule is C=CCCCC(C)[SiH](OC(C)C)OC(C)C. The van der Waals surface area contributed by atoms with E-state index in [9.17, 15) is 0 Å². The van der Waals surface area contributed by atoms with Crippen LogP contribution in [0.4, 0.5) is 0 Å². The molecular weight excluding hydrogens is 216 g/mol. The Hall–Kier alpha value is -0.123. The van der Waals surface area contributed by atoms with Crippen LogP contribution < -0.4 is 0 Å². The van der Waals surface area contributed by atoms with Crippen LogP contribution >= 0.6 is 0 Å². The summed E-state index contributed by atoms with van der Waals surface area (Å²) in [5.41, 5.74) is 0.574. The first-order chi connectivity index (χ1) is 7.47. The smallest absolute Gasteiger partial charge is 0.324 e. The van der Waals surface area contributed by atoms with Crippen molar-refractivity contribution in [3.63, 3.8) is 0 Å². The quantitative estimate of drug-likeness (QED) is 0.349. The molecule has 0 rings (SSSR count). The van der Waals surface area contributed by atoms with Crippen molar-refractivity contribution in [1.29, 1.82) is 0 Å². The van der Waals surface area contributed by atoms with E-state index in [0.29, 0.717) is 5.54 Å². The van der Waals surface area contributed by atoms with Gasteiger partial charge in [-0.25, -0.2) is 0 Å². The Bertz CT molecular complexity index is 171. The molecule has 0 spiro atoms. The number of unbranched alkanes of at least 4 members (excludes halogenated alkanes) is 1. The zero-order chi connectivity index (χ0) is 12.6. The van der Waals surface area contributed by atoms with Crippen LogP contribution in [-0.2, 0) is 8.85 Å². The van der Waals surface area contributed by atoms with E-state index in [4.69, 9.17) is 8.85 Å². The van der Waals surface area contributed by atoms with Gasteiger partial charge in [0.25, 0.3) is 0 Å². The highest BCUT2D eigenvalue weighted by molar-refractivity contribution is 6.46. The minimum Gasteiger partial charge on any atom is -0.394 e. The molecular formula is C13H28O2Si. The van der Waals surface area contributed by atoms with E-state index in [-0.39, 0.29) is 12.2 Å². The molecule has 16 heavy (non-hydrogen) atoms. The monoisotopic (exact) mass is 244 g/mol. The maximum absolute atomic E-state index is 5.94. The van der Waals surface area contributed by atoms with Gasteiger partial charge in [-0.05, 0) is 52.5 Å². The summed E-state index contributed by atoms with van der Waals surface area (Å²) in [7, 11) is -1.52. The Morgan fingerprint density at radius 3 is 1.94 bits per heavy atom. The molecule has 0 saturated heterocycles. The Morgan fingerprint density at radius 1 is 1.06 bits per heavy atom. The number of hydrogen-bond acceptors (Lipinski definition) is 2. The third kappa shape index (κ3) is 8.08. The number of hydrogen-bond donors (Lipinski definition) is 0. The Labute approximate surface area is 103 Å². The zero-order valence-electron chi connectivity index (χ0n) is 11.5. The van der Waals surface area contributed by atoms with Gasteiger partial charge in [0.15, 0.2) is 0 Å². The van der Waals surface area contributed by atoms with Gasteiger partial charge in [0.1, 0.15) is 0 Å². The molecule has 1 atom stereocenters. The van der Waals surface area contributed by atoms with Gasteiger partial charge in [0.05, 0.1) is 0 Å². The van der Waals surface area contributed by atoms with Crippen molar-refractivity contribution in [3.8, 4) is 0 Å². The minimum absolute atomic E-state index is 0.275. The molecule has 0 N–H and O–H groups in total. The summed E-state index contributed by atoms with van der Waals surface area (Å²) >= 11 is 0. The molecule has 0 saturated carbocycles.